The quantitative estimate of drug-likeness (QED) is 0.529. The Bertz CT molecular complexity index is 1030. The summed E-state index contributed by atoms with van der Waals surface area (Å²) < 4.78 is 28.3. The van der Waals surface area contributed by atoms with Crippen LogP contribution in [0.2, 0.25) is 5.02 Å². The van der Waals surface area contributed by atoms with Gasteiger partial charge in [0.15, 0.2) is 5.78 Å². The molecule has 9 heteroatoms. The van der Waals surface area contributed by atoms with Crippen molar-refractivity contribution in [2.75, 3.05) is 32.5 Å². The Labute approximate surface area is 176 Å². The van der Waals surface area contributed by atoms with E-state index in [9.17, 15) is 18.8 Å². The predicted octanol–water partition coefficient (Wildman–Crippen LogP) is 3.10. The summed E-state index contributed by atoms with van der Waals surface area (Å²) >= 11 is 6.10. The molecule has 2 aromatic carbocycles. The first-order valence-electron chi connectivity index (χ1n) is 8.72. The molecule has 0 radical (unpaired) electrons. The van der Waals surface area contributed by atoms with E-state index in [1.165, 1.54) is 49.5 Å². The van der Waals surface area contributed by atoms with Crippen LogP contribution in [0.4, 0.5) is 10.1 Å². The van der Waals surface area contributed by atoms with Crippen LogP contribution in [0.3, 0.4) is 0 Å². The van der Waals surface area contributed by atoms with Gasteiger partial charge in [0.1, 0.15) is 18.2 Å². The van der Waals surface area contributed by atoms with E-state index in [2.05, 4.69) is 0 Å². The Kier molecular flexibility index (Phi) is 6.49. The van der Waals surface area contributed by atoms with Gasteiger partial charge in [-0.1, -0.05) is 11.6 Å². The summed E-state index contributed by atoms with van der Waals surface area (Å²) in [7, 11) is 2.35. The molecule has 1 heterocycles. The van der Waals surface area contributed by atoms with Crippen molar-refractivity contribution in [2.45, 2.75) is 0 Å². The summed E-state index contributed by atoms with van der Waals surface area (Å²) in [6.07, 6.45) is 0. The Morgan fingerprint density at radius 1 is 1.03 bits per heavy atom. The van der Waals surface area contributed by atoms with Gasteiger partial charge >= 0.3 is 11.9 Å². The molecule has 0 aromatic heterocycles. The average molecular weight is 434 g/mol. The maximum Gasteiger partial charge on any atom is 0.355 e. The van der Waals surface area contributed by atoms with E-state index in [4.69, 9.17) is 25.8 Å². The Morgan fingerprint density at radius 2 is 1.70 bits per heavy atom. The van der Waals surface area contributed by atoms with Gasteiger partial charge in [-0.15, -0.1) is 0 Å². The molecule has 3 rings (SSSR count). The average Bonchev–Trinajstić information content (AvgIpc) is 2.77. The van der Waals surface area contributed by atoms with Crippen molar-refractivity contribution >= 4 is 35.0 Å². The Morgan fingerprint density at radius 3 is 2.33 bits per heavy atom. The molecule has 1 aliphatic rings. The van der Waals surface area contributed by atoms with E-state index in [-0.39, 0.29) is 46.4 Å². The molecule has 0 saturated heterocycles. The first-order valence-corrected chi connectivity index (χ1v) is 9.10. The number of halogens is 2. The zero-order chi connectivity index (χ0) is 21.8. The minimum atomic E-state index is -0.797. The fourth-order valence-electron chi connectivity index (χ4n) is 3.02. The third-order valence-electron chi connectivity index (χ3n) is 4.43. The maximum atomic E-state index is 13.3. The van der Waals surface area contributed by atoms with Gasteiger partial charge in [0.2, 0.25) is 0 Å². The number of ether oxygens (including phenoxy) is 3. The fraction of sp³-hybridized carbons (Fsp3) is 0.190. The predicted molar refractivity (Wildman–Crippen MR) is 106 cm³/mol. The van der Waals surface area contributed by atoms with Gasteiger partial charge in [0, 0.05) is 16.1 Å². The molecular weight excluding hydrogens is 417 g/mol. The van der Waals surface area contributed by atoms with Crippen molar-refractivity contribution in [3.8, 4) is 0 Å². The van der Waals surface area contributed by atoms with Crippen LogP contribution in [-0.4, -0.2) is 45.3 Å². The lowest BCUT2D eigenvalue weighted by atomic mass is 10.00. The number of carbonyl (C=O) groups excluding carboxylic acids is 3. The van der Waals surface area contributed by atoms with Crippen LogP contribution in [0.1, 0.15) is 15.9 Å². The molecule has 0 N–H and O–H groups in total. The number of hydrogen-bond acceptors (Lipinski definition) is 7. The summed E-state index contributed by atoms with van der Waals surface area (Å²) in [6, 6.07) is 9.47. The molecule has 156 valence electrons. The summed E-state index contributed by atoms with van der Waals surface area (Å²) in [5.74, 6) is -2.50. The monoisotopic (exact) mass is 433 g/mol. The standard InChI is InChI=1S/C21H17ClFNO6/c1-28-20(26)16-10-30-11-24(18(16)21(27)29-2)17-8-5-13(22)9-15(17)19(25)12-3-6-14(23)7-4-12/h3-9H,10-11H2,1-2H3. The normalized spacial score (nSPS) is 13.8. The number of benzene rings is 2. The SMILES string of the molecule is COC(=O)C1=C(C(=O)OC)N(c2ccc(Cl)cc2C(=O)c2ccc(F)cc2)COC1. The van der Waals surface area contributed by atoms with Crippen molar-refractivity contribution in [1.29, 1.82) is 0 Å². The van der Waals surface area contributed by atoms with Crippen LogP contribution >= 0.6 is 11.6 Å². The third-order valence-corrected chi connectivity index (χ3v) is 4.67. The zero-order valence-corrected chi connectivity index (χ0v) is 16.9. The number of esters is 2. The van der Waals surface area contributed by atoms with Crippen molar-refractivity contribution < 1.29 is 33.0 Å². The molecule has 0 bridgehead atoms. The molecule has 0 aliphatic carbocycles. The number of carbonyl (C=O) groups is 3. The molecular formula is C21H17ClFNO6. The zero-order valence-electron chi connectivity index (χ0n) is 16.1. The Hall–Kier alpha value is -3.23. The fourth-order valence-corrected chi connectivity index (χ4v) is 3.19. The van der Waals surface area contributed by atoms with E-state index < -0.39 is 23.5 Å². The third kappa shape index (κ3) is 4.19. The lowest BCUT2D eigenvalue weighted by Crippen LogP contribution is -2.39. The first-order chi connectivity index (χ1) is 14.4. The molecule has 0 saturated carbocycles. The number of nitrogens with zero attached hydrogens (tertiary/aromatic N) is 1. The van der Waals surface area contributed by atoms with E-state index in [0.29, 0.717) is 0 Å². The minimum absolute atomic E-state index is 0.0502. The van der Waals surface area contributed by atoms with Crippen molar-refractivity contribution in [2.24, 2.45) is 0 Å². The number of rotatable bonds is 5. The highest BCUT2D eigenvalue weighted by molar-refractivity contribution is 6.31. The maximum absolute atomic E-state index is 13.3. The summed E-state index contributed by atoms with van der Waals surface area (Å²) in [5, 5.41) is 0.277. The minimum Gasteiger partial charge on any atom is -0.466 e. The molecule has 1 aliphatic heterocycles. The van der Waals surface area contributed by atoms with Gasteiger partial charge in [-0.05, 0) is 42.5 Å². The van der Waals surface area contributed by atoms with E-state index in [1.807, 2.05) is 0 Å². The van der Waals surface area contributed by atoms with E-state index in [0.717, 1.165) is 12.1 Å². The second-order valence-corrected chi connectivity index (χ2v) is 6.65. The molecule has 0 fully saturated rings. The molecule has 2 aromatic rings. The summed E-state index contributed by atoms with van der Waals surface area (Å²) in [4.78, 5) is 39.1. The van der Waals surface area contributed by atoms with Crippen molar-refractivity contribution in [3.05, 3.63) is 75.7 Å². The summed E-state index contributed by atoms with van der Waals surface area (Å²) in [5.41, 5.74) is 0.451. The highest BCUT2D eigenvalue weighted by atomic mass is 35.5. The van der Waals surface area contributed by atoms with Crippen LogP contribution in [0, 0.1) is 5.82 Å². The van der Waals surface area contributed by atoms with E-state index in [1.54, 1.807) is 0 Å². The van der Waals surface area contributed by atoms with Crippen LogP contribution in [0.25, 0.3) is 0 Å². The van der Waals surface area contributed by atoms with Gasteiger partial charge < -0.3 is 19.1 Å². The first kappa shape index (κ1) is 21.5. The van der Waals surface area contributed by atoms with Crippen LogP contribution in [-0.2, 0) is 23.8 Å². The number of methoxy groups -OCH3 is 2. The highest BCUT2D eigenvalue weighted by Gasteiger charge is 2.34. The second-order valence-electron chi connectivity index (χ2n) is 6.21. The van der Waals surface area contributed by atoms with Crippen LogP contribution in [0.15, 0.2) is 53.7 Å². The number of ketones is 1. The van der Waals surface area contributed by atoms with Crippen LogP contribution < -0.4 is 4.90 Å². The molecule has 0 amide bonds. The number of hydrogen-bond donors (Lipinski definition) is 0. The smallest absolute Gasteiger partial charge is 0.355 e. The van der Waals surface area contributed by atoms with Crippen LogP contribution in [0.5, 0.6) is 0 Å². The van der Waals surface area contributed by atoms with Gasteiger partial charge in [0.25, 0.3) is 0 Å². The van der Waals surface area contributed by atoms with Crippen molar-refractivity contribution in [1.82, 2.24) is 0 Å². The number of anilines is 1. The van der Waals surface area contributed by atoms with Gasteiger partial charge in [-0.3, -0.25) is 4.79 Å². The molecule has 7 nitrogen and oxygen atoms in total. The Balaban J connectivity index is 2.16. The lowest BCUT2D eigenvalue weighted by Gasteiger charge is -2.32. The largest absolute Gasteiger partial charge is 0.466 e. The molecule has 0 unspecified atom stereocenters. The van der Waals surface area contributed by atoms with Gasteiger partial charge in [-0.25, -0.2) is 14.0 Å². The topological polar surface area (TPSA) is 82.1 Å². The molecule has 0 atom stereocenters. The lowest BCUT2D eigenvalue weighted by molar-refractivity contribution is -0.140. The second kappa shape index (κ2) is 9.06. The van der Waals surface area contributed by atoms with Gasteiger partial charge in [-0.2, -0.15) is 0 Å². The van der Waals surface area contributed by atoms with Crippen molar-refractivity contribution in [3.63, 3.8) is 0 Å². The molecule has 0 spiro atoms. The highest BCUT2D eigenvalue weighted by Crippen LogP contribution is 2.32. The summed E-state index contributed by atoms with van der Waals surface area (Å²) in [6.45, 7) is -0.293. The van der Waals surface area contributed by atoms with Gasteiger partial charge in [0.05, 0.1) is 32.1 Å². The molecule has 30 heavy (non-hydrogen) atoms. The van der Waals surface area contributed by atoms with E-state index >= 15 is 0 Å².